The van der Waals surface area contributed by atoms with E-state index in [1.54, 1.807) is 0 Å². The van der Waals surface area contributed by atoms with Crippen LogP contribution in [-0.4, -0.2) is 49.4 Å². The molecule has 1 N–H and O–H groups in total. The van der Waals surface area contributed by atoms with Crippen molar-refractivity contribution in [2.45, 2.75) is 51.7 Å². The van der Waals surface area contributed by atoms with Gasteiger partial charge in [0.2, 0.25) is 0 Å². The van der Waals surface area contributed by atoms with Gasteiger partial charge in [0.15, 0.2) is 5.82 Å². The molecule has 17 heavy (non-hydrogen) atoms. The van der Waals surface area contributed by atoms with Crippen molar-refractivity contribution in [3.05, 3.63) is 5.82 Å². The number of likely N-dealkylation sites (tertiary alicyclic amines) is 1. The summed E-state index contributed by atoms with van der Waals surface area (Å²) in [4.78, 5) is 2.27. The molecule has 1 aromatic rings. The number of aliphatic hydroxyl groups is 1. The SMILES string of the molecule is CCCCn1nnnc1CN1CCC[C@H]1CO. The minimum absolute atomic E-state index is 0.233. The Bertz CT molecular complexity index is 340. The Morgan fingerprint density at radius 1 is 1.47 bits per heavy atom. The molecule has 2 heterocycles. The van der Waals surface area contributed by atoms with Crippen LogP contribution in [0.15, 0.2) is 0 Å². The van der Waals surface area contributed by atoms with Crippen LogP contribution in [0.3, 0.4) is 0 Å². The van der Waals surface area contributed by atoms with Crippen LogP contribution in [0.25, 0.3) is 0 Å². The molecule has 0 spiro atoms. The van der Waals surface area contributed by atoms with Gasteiger partial charge >= 0.3 is 0 Å². The topological polar surface area (TPSA) is 67.1 Å². The van der Waals surface area contributed by atoms with E-state index in [0.29, 0.717) is 0 Å². The summed E-state index contributed by atoms with van der Waals surface area (Å²) >= 11 is 0. The normalized spacial score (nSPS) is 21.2. The van der Waals surface area contributed by atoms with Crippen LogP contribution in [0.5, 0.6) is 0 Å². The first-order chi connectivity index (χ1) is 8.35. The Morgan fingerprint density at radius 3 is 3.12 bits per heavy atom. The van der Waals surface area contributed by atoms with E-state index in [1.807, 2.05) is 4.68 Å². The van der Waals surface area contributed by atoms with Crippen molar-refractivity contribution < 1.29 is 5.11 Å². The van der Waals surface area contributed by atoms with E-state index in [9.17, 15) is 5.11 Å². The number of tetrazole rings is 1. The molecule has 1 saturated heterocycles. The molecule has 0 saturated carbocycles. The third-order valence-electron chi connectivity index (χ3n) is 3.38. The summed E-state index contributed by atoms with van der Waals surface area (Å²) in [5.41, 5.74) is 0. The van der Waals surface area contributed by atoms with Gasteiger partial charge in [-0.25, -0.2) is 4.68 Å². The minimum Gasteiger partial charge on any atom is -0.395 e. The first kappa shape index (κ1) is 12.4. The monoisotopic (exact) mass is 239 g/mol. The van der Waals surface area contributed by atoms with E-state index < -0.39 is 0 Å². The van der Waals surface area contributed by atoms with E-state index in [0.717, 1.165) is 51.1 Å². The molecule has 1 aliphatic rings. The number of hydrogen-bond acceptors (Lipinski definition) is 5. The van der Waals surface area contributed by atoms with Gasteiger partial charge in [0.1, 0.15) is 0 Å². The molecule has 96 valence electrons. The molecule has 1 aliphatic heterocycles. The van der Waals surface area contributed by atoms with Crippen molar-refractivity contribution >= 4 is 0 Å². The molecule has 0 aromatic carbocycles. The molecular weight excluding hydrogens is 218 g/mol. The minimum atomic E-state index is 0.233. The summed E-state index contributed by atoms with van der Waals surface area (Å²) in [5.74, 6) is 0.916. The molecule has 0 amide bonds. The van der Waals surface area contributed by atoms with Crippen molar-refractivity contribution in [2.24, 2.45) is 0 Å². The second-order valence-corrected chi connectivity index (χ2v) is 4.62. The van der Waals surface area contributed by atoms with Crippen molar-refractivity contribution in [1.82, 2.24) is 25.1 Å². The highest BCUT2D eigenvalue weighted by atomic mass is 16.3. The van der Waals surface area contributed by atoms with Gasteiger partial charge in [-0.2, -0.15) is 0 Å². The molecule has 1 aromatic heterocycles. The second kappa shape index (κ2) is 6.07. The highest BCUT2D eigenvalue weighted by Crippen LogP contribution is 2.18. The Morgan fingerprint density at radius 2 is 2.35 bits per heavy atom. The maximum Gasteiger partial charge on any atom is 0.165 e. The first-order valence-electron chi connectivity index (χ1n) is 6.45. The number of unbranched alkanes of at least 4 members (excludes halogenated alkanes) is 1. The highest BCUT2D eigenvalue weighted by Gasteiger charge is 2.25. The average Bonchev–Trinajstić information content (AvgIpc) is 2.96. The van der Waals surface area contributed by atoms with Crippen molar-refractivity contribution in [3.8, 4) is 0 Å². The lowest BCUT2D eigenvalue weighted by Gasteiger charge is -2.21. The molecule has 0 bridgehead atoms. The number of aryl methyl sites for hydroxylation is 1. The van der Waals surface area contributed by atoms with Crippen molar-refractivity contribution in [1.29, 1.82) is 0 Å². The number of rotatable bonds is 6. The maximum absolute atomic E-state index is 9.28. The van der Waals surface area contributed by atoms with E-state index in [1.165, 1.54) is 0 Å². The molecule has 0 radical (unpaired) electrons. The summed E-state index contributed by atoms with van der Waals surface area (Å²) in [6.45, 7) is 5.06. The third-order valence-corrected chi connectivity index (χ3v) is 3.38. The van der Waals surface area contributed by atoms with E-state index >= 15 is 0 Å². The molecule has 6 heteroatoms. The number of hydrogen-bond donors (Lipinski definition) is 1. The molecule has 1 atom stereocenters. The fraction of sp³-hybridized carbons (Fsp3) is 0.909. The Balaban J connectivity index is 1.95. The van der Waals surface area contributed by atoms with E-state index in [-0.39, 0.29) is 12.6 Å². The largest absolute Gasteiger partial charge is 0.395 e. The van der Waals surface area contributed by atoms with Gasteiger partial charge in [-0.3, -0.25) is 4.90 Å². The summed E-state index contributed by atoms with van der Waals surface area (Å²) in [6, 6.07) is 0.284. The van der Waals surface area contributed by atoms with Gasteiger partial charge in [-0.15, -0.1) is 5.10 Å². The first-order valence-corrected chi connectivity index (χ1v) is 6.45. The van der Waals surface area contributed by atoms with Crippen LogP contribution in [-0.2, 0) is 13.1 Å². The molecule has 1 fully saturated rings. The summed E-state index contributed by atoms with van der Waals surface area (Å²) in [5, 5.41) is 21.1. The lowest BCUT2D eigenvalue weighted by molar-refractivity contribution is 0.149. The lowest BCUT2D eigenvalue weighted by atomic mass is 10.2. The van der Waals surface area contributed by atoms with Gasteiger partial charge in [-0.05, 0) is 36.2 Å². The molecule has 0 unspecified atom stereocenters. The fourth-order valence-electron chi connectivity index (χ4n) is 2.31. The van der Waals surface area contributed by atoms with Crippen LogP contribution >= 0.6 is 0 Å². The zero-order valence-electron chi connectivity index (χ0n) is 10.4. The van der Waals surface area contributed by atoms with Crippen molar-refractivity contribution in [3.63, 3.8) is 0 Å². The maximum atomic E-state index is 9.28. The molecule has 2 rings (SSSR count). The van der Waals surface area contributed by atoms with Crippen molar-refractivity contribution in [2.75, 3.05) is 13.2 Å². The van der Waals surface area contributed by atoms with Gasteiger partial charge in [0.25, 0.3) is 0 Å². The fourth-order valence-corrected chi connectivity index (χ4v) is 2.31. The molecular formula is C11H21N5O. The Kier molecular flexibility index (Phi) is 4.44. The summed E-state index contributed by atoms with van der Waals surface area (Å²) < 4.78 is 1.89. The van der Waals surface area contributed by atoms with Crippen LogP contribution in [0, 0.1) is 0 Å². The van der Waals surface area contributed by atoms with E-state index in [2.05, 4.69) is 27.3 Å². The molecule has 0 aliphatic carbocycles. The van der Waals surface area contributed by atoms with Gasteiger partial charge < -0.3 is 5.11 Å². The Labute approximate surface area is 102 Å². The van der Waals surface area contributed by atoms with Crippen LogP contribution in [0.4, 0.5) is 0 Å². The van der Waals surface area contributed by atoms with Crippen LogP contribution in [0.2, 0.25) is 0 Å². The lowest BCUT2D eigenvalue weighted by Crippen LogP contribution is -2.32. The summed E-state index contributed by atoms with van der Waals surface area (Å²) in [6.07, 6.45) is 4.47. The van der Waals surface area contributed by atoms with E-state index in [4.69, 9.17) is 0 Å². The zero-order valence-corrected chi connectivity index (χ0v) is 10.4. The smallest absolute Gasteiger partial charge is 0.165 e. The highest BCUT2D eigenvalue weighted by molar-refractivity contribution is 4.86. The standard InChI is InChI=1S/C11H21N5O/c1-2-3-7-16-11(12-13-14-16)8-15-6-4-5-10(15)9-17/h10,17H,2-9H2,1H3/t10-/m0/s1. The predicted octanol–water partition coefficient (Wildman–Crippen LogP) is 0.430. The number of aromatic nitrogens is 4. The second-order valence-electron chi connectivity index (χ2n) is 4.62. The number of aliphatic hydroxyl groups excluding tert-OH is 1. The predicted molar refractivity (Wildman–Crippen MR) is 63.2 cm³/mol. The van der Waals surface area contributed by atoms with Crippen LogP contribution in [0.1, 0.15) is 38.4 Å². The van der Waals surface area contributed by atoms with Gasteiger partial charge in [0, 0.05) is 12.6 Å². The van der Waals surface area contributed by atoms with Gasteiger partial charge in [0.05, 0.1) is 13.2 Å². The quantitative estimate of drug-likeness (QED) is 0.779. The third kappa shape index (κ3) is 3.01. The molecule has 6 nitrogen and oxygen atoms in total. The van der Waals surface area contributed by atoms with Crippen LogP contribution < -0.4 is 0 Å². The zero-order chi connectivity index (χ0) is 12.1. The van der Waals surface area contributed by atoms with Gasteiger partial charge in [-0.1, -0.05) is 13.3 Å². The Hall–Kier alpha value is -1.01. The summed E-state index contributed by atoms with van der Waals surface area (Å²) in [7, 11) is 0. The number of nitrogens with zero attached hydrogens (tertiary/aromatic N) is 5. The average molecular weight is 239 g/mol.